The van der Waals surface area contributed by atoms with Gasteiger partial charge in [-0.25, -0.2) is 4.79 Å². The van der Waals surface area contributed by atoms with E-state index >= 15 is 0 Å². The predicted octanol–water partition coefficient (Wildman–Crippen LogP) is 3.91. The third kappa shape index (κ3) is 17.0. The Labute approximate surface area is 118 Å². The summed E-state index contributed by atoms with van der Waals surface area (Å²) in [4.78, 5) is 11.4. The lowest BCUT2D eigenvalue weighted by Crippen LogP contribution is -2.39. The number of hydrogen-bond acceptors (Lipinski definition) is 3. The average Bonchev–Trinajstić information content (AvgIpc) is 2.28. The Kier molecular flexibility index (Phi) is 12.8. The van der Waals surface area contributed by atoms with Crippen molar-refractivity contribution < 1.29 is 14.3 Å². The molecule has 0 rings (SSSR count). The van der Waals surface area contributed by atoms with Crippen LogP contribution < -0.4 is 5.32 Å². The third-order valence-corrected chi connectivity index (χ3v) is 1.83. The fourth-order valence-corrected chi connectivity index (χ4v) is 1.14. The van der Waals surface area contributed by atoms with Gasteiger partial charge in [-0.3, -0.25) is 0 Å². The third-order valence-electron chi connectivity index (χ3n) is 1.83. The largest absolute Gasteiger partial charge is 0.444 e. The lowest BCUT2D eigenvalue weighted by Gasteiger charge is -2.21. The molecule has 1 atom stereocenters. The first-order valence-corrected chi connectivity index (χ1v) is 7.03. The Morgan fingerprint density at radius 1 is 1.37 bits per heavy atom. The van der Waals surface area contributed by atoms with Crippen LogP contribution in [0.3, 0.4) is 0 Å². The highest BCUT2D eigenvalue weighted by Gasteiger charge is 2.17. The number of carbonyl (C=O) groups excluding carboxylic acids is 1. The fourth-order valence-electron chi connectivity index (χ4n) is 1.14. The maximum atomic E-state index is 11.4. The lowest BCUT2D eigenvalue weighted by atomic mass is 10.2. The van der Waals surface area contributed by atoms with Crippen LogP contribution >= 0.6 is 0 Å². The first-order chi connectivity index (χ1) is 8.85. The van der Waals surface area contributed by atoms with Gasteiger partial charge in [-0.1, -0.05) is 19.9 Å². The molecule has 0 spiro atoms. The molecule has 0 aliphatic carbocycles. The number of rotatable bonds is 7. The maximum Gasteiger partial charge on any atom is 0.407 e. The Morgan fingerprint density at radius 2 is 1.95 bits per heavy atom. The summed E-state index contributed by atoms with van der Waals surface area (Å²) in [6, 6.07) is -0.0476. The molecule has 1 N–H and O–H groups in total. The molecule has 19 heavy (non-hydrogen) atoms. The predicted molar refractivity (Wildman–Crippen MR) is 80.4 cm³/mol. The normalized spacial score (nSPS) is 11.9. The number of ether oxygens (including phenoxy) is 2. The molecular weight excluding hydrogens is 242 g/mol. The lowest BCUT2D eigenvalue weighted by molar-refractivity contribution is 0.0452. The zero-order valence-electron chi connectivity index (χ0n) is 13.4. The SMILES string of the molecule is C=CCCCOCC(C)NC(=O)OC(C)(C)C.CC. The summed E-state index contributed by atoms with van der Waals surface area (Å²) in [5.41, 5.74) is -0.464. The molecule has 0 fully saturated rings. The monoisotopic (exact) mass is 273 g/mol. The highest BCUT2D eigenvalue weighted by Crippen LogP contribution is 2.06. The smallest absolute Gasteiger partial charge is 0.407 e. The minimum Gasteiger partial charge on any atom is -0.444 e. The van der Waals surface area contributed by atoms with Crippen LogP contribution in [-0.2, 0) is 9.47 Å². The Balaban J connectivity index is 0. The van der Waals surface area contributed by atoms with Gasteiger partial charge in [0.05, 0.1) is 12.6 Å². The van der Waals surface area contributed by atoms with Crippen LogP contribution in [0.25, 0.3) is 0 Å². The van der Waals surface area contributed by atoms with Gasteiger partial charge in [0.1, 0.15) is 5.60 Å². The van der Waals surface area contributed by atoms with Crippen LogP contribution in [0.1, 0.15) is 54.4 Å². The number of carbonyl (C=O) groups is 1. The van der Waals surface area contributed by atoms with Crippen LogP contribution in [0.5, 0.6) is 0 Å². The first kappa shape index (κ1) is 20.3. The minimum atomic E-state index is -0.464. The standard InChI is InChI=1S/C13H25NO3.C2H6/c1-6-7-8-9-16-10-11(2)14-12(15)17-13(3,4)5;1-2/h6,11H,1,7-10H2,2-5H3,(H,14,15);1-2H3. The Hall–Kier alpha value is -1.03. The highest BCUT2D eigenvalue weighted by atomic mass is 16.6. The summed E-state index contributed by atoms with van der Waals surface area (Å²) >= 11 is 0. The van der Waals surface area contributed by atoms with Crippen molar-refractivity contribution in [1.82, 2.24) is 5.32 Å². The van der Waals surface area contributed by atoms with Gasteiger partial charge < -0.3 is 14.8 Å². The van der Waals surface area contributed by atoms with Gasteiger partial charge in [0.2, 0.25) is 0 Å². The van der Waals surface area contributed by atoms with E-state index in [-0.39, 0.29) is 6.04 Å². The van der Waals surface area contributed by atoms with Crippen LogP contribution in [0, 0.1) is 0 Å². The second-order valence-electron chi connectivity index (χ2n) is 5.05. The van der Waals surface area contributed by atoms with E-state index in [4.69, 9.17) is 9.47 Å². The number of alkyl carbamates (subject to hydrolysis) is 1. The number of amides is 1. The van der Waals surface area contributed by atoms with Crippen LogP contribution in [0.4, 0.5) is 4.79 Å². The fraction of sp³-hybridized carbons (Fsp3) is 0.800. The zero-order chi connectivity index (χ0) is 15.3. The molecule has 0 aliphatic rings. The van der Waals surface area contributed by atoms with E-state index in [0.29, 0.717) is 13.2 Å². The molecule has 0 aromatic heterocycles. The summed E-state index contributed by atoms with van der Waals surface area (Å²) in [7, 11) is 0. The van der Waals surface area contributed by atoms with E-state index in [2.05, 4.69) is 11.9 Å². The second kappa shape index (κ2) is 12.0. The van der Waals surface area contributed by atoms with E-state index in [1.807, 2.05) is 47.6 Å². The summed E-state index contributed by atoms with van der Waals surface area (Å²) in [6.45, 7) is 16.2. The molecule has 0 aromatic carbocycles. The maximum absolute atomic E-state index is 11.4. The molecule has 0 radical (unpaired) electrons. The van der Waals surface area contributed by atoms with Crippen molar-refractivity contribution in [1.29, 1.82) is 0 Å². The number of allylic oxidation sites excluding steroid dienone is 1. The molecule has 0 saturated heterocycles. The van der Waals surface area contributed by atoms with E-state index < -0.39 is 11.7 Å². The molecule has 0 saturated carbocycles. The van der Waals surface area contributed by atoms with Crippen molar-refractivity contribution in [3.05, 3.63) is 12.7 Å². The van der Waals surface area contributed by atoms with Gasteiger partial charge in [-0.15, -0.1) is 6.58 Å². The molecule has 0 bridgehead atoms. The summed E-state index contributed by atoms with van der Waals surface area (Å²) in [6.07, 6.45) is 3.38. The van der Waals surface area contributed by atoms with Crippen LogP contribution in [-0.4, -0.2) is 30.9 Å². The zero-order valence-corrected chi connectivity index (χ0v) is 13.4. The molecule has 1 unspecified atom stereocenters. The van der Waals surface area contributed by atoms with E-state index in [9.17, 15) is 4.79 Å². The highest BCUT2D eigenvalue weighted by molar-refractivity contribution is 5.68. The van der Waals surface area contributed by atoms with Gasteiger partial charge in [0.25, 0.3) is 0 Å². The average molecular weight is 273 g/mol. The van der Waals surface area contributed by atoms with Gasteiger partial charge >= 0.3 is 6.09 Å². The molecule has 4 heteroatoms. The number of hydrogen-bond donors (Lipinski definition) is 1. The van der Waals surface area contributed by atoms with E-state index in [1.54, 1.807) is 0 Å². The van der Waals surface area contributed by atoms with Crippen LogP contribution in [0.2, 0.25) is 0 Å². The molecule has 0 aromatic rings. The molecule has 1 amide bonds. The Bertz CT molecular complexity index is 234. The Morgan fingerprint density at radius 3 is 2.42 bits per heavy atom. The molecule has 114 valence electrons. The molecule has 0 aliphatic heterocycles. The van der Waals surface area contributed by atoms with Crippen molar-refractivity contribution in [2.75, 3.05) is 13.2 Å². The van der Waals surface area contributed by atoms with Crippen molar-refractivity contribution in [3.63, 3.8) is 0 Å². The minimum absolute atomic E-state index is 0.0476. The van der Waals surface area contributed by atoms with Crippen molar-refractivity contribution in [2.45, 2.75) is 66.0 Å². The summed E-state index contributed by atoms with van der Waals surface area (Å²) < 4.78 is 10.5. The first-order valence-electron chi connectivity index (χ1n) is 7.03. The molecule has 0 heterocycles. The topological polar surface area (TPSA) is 47.6 Å². The number of nitrogens with one attached hydrogen (secondary N) is 1. The second-order valence-corrected chi connectivity index (χ2v) is 5.05. The van der Waals surface area contributed by atoms with E-state index in [0.717, 1.165) is 12.8 Å². The number of unbranched alkanes of at least 4 members (excludes halogenated alkanes) is 1. The summed E-state index contributed by atoms with van der Waals surface area (Å²) in [5.74, 6) is 0. The van der Waals surface area contributed by atoms with Gasteiger partial charge in [0.15, 0.2) is 0 Å². The quantitative estimate of drug-likeness (QED) is 0.565. The summed E-state index contributed by atoms with van der Waals surface area (Å²) in [5, 5.41) is 2.72. The molecule has 4 nitrogen and oxygen atoms in total. The van der Waals surface area contributed by atoms with Gasteiger partial charge in [0, 0.05) is 6.61 Å². The van der Waals surface area contributed by atoms with Crippen molar-refractivity contribution >= 4 is 6.09 Å². The van der Waals surface area contributed by atoms with E-state index in [1.165, 1.54) is 0 Å². The van der Waals surface area contributed by atoms with Gasteiger partial charge in [-0.05, 0) is 40.5 Å². The van der Waals surface area contributed by atoms with Crippen LogP contribution in [0.15, 0.2) is 12.7 Å². The van der Waals surface area contributed by atoms with Crippen molar-refractivity contribution in [3.8, 4) is 0 Å². The van der Waals surface area contributed by atoms with Gasteiger partial charge in [-0.2, -0.15) is 0 Å². The molecular formula is C15H31NO3. The van der Waals surface area contributed by atoms with Crippen molar-refractivity contribution in [2.24, 2.45) is 0 Å².